The Hall–Kier alpha value is -2.22. The third-order valence-electron chi connectivity index (χ3n) is 5.60. The Morgan fingerprint density at radius 1 is 1.03 bits per heavy atom. The van der Waals surface area contributed by atoms with Gasteiger partial charge in [0.05, 0.1) is 4.90 Å². The molecule has 0 aliphatic heterocycles. The summed E-state index contributed by atoms with van der Waals surface area (Å²) in [6.45, 7) is 6.60. The van der Waals surface area contributed by atoms with Gasteiger partial charge in [0, 0.05) is 30.3 Å². The Kier molecular flexibility index (Phi) is 7.28. The van der Waals surface area contributed by atoms with Crippen LogP contribution in [-0.4, -0.2) is 37.8 Å². The molecule has 0 saturated heterocycles. The summed E-state index contributed by atoms with van der Waals surface area (Å²) in [6, 6.07) is 16.7. The number of hydrogen-bond acceptors (Lipinski definition) is 3. The molecule has 30 heavy (non-hydrogen) atoms. The largest absolute Gasteiger partial charge is 0.348 e. The lowest BCUT2D eigenvalue weighted by Crippen LogP contribution is -2.88. The molecule has 2 aromatic carbocycles. The molecule has 1 fully saturated rings. The predicted molar refractivity (Wildman–Crippen MR) is 117 cm³/mol. The van der Waals surface area contributed by atoms with E-state index < -0.39 is 10.0 Å². The number of quaternary nitrogens is 1. The molecule has 1 saturated carbocycles. The smallest absolute Gasteiger partial charge is 0.283 e. The fourth-order valence-electron chi connectivity index (χ4n) is 3.58. The SMILES string of the molecule is CCN(CC)S(=O)(=O)c1ccc([C@@H](C)[NH2+][C@@H](C(=O)NC2CC2)c2ccccc2)cc1. The predicted octanol–water partition coefficient (Wildman–Crippen LogP) is 2.36. The molecule has 3 rings (SSSR count). The van der Waals surface area contributed by atoms with Crippen LogP contribution in [0.2, 0.25) is 0 Å². The van der Waals surface area contributed by atoms with Crippen molar-refractivity contribution in [1.82, 2.24) is 9.62 Å². The Labute approximate surface area is 179 Å². The van der Waals surface area contributed by atoms with E-state index in [1.807, 2.05) is 68.6 Å². The number of amides is 1. The van der Waals surface area contributed by atoms with Crippen LogP contribution in [0.1, 0.15) is 56.8 Å². The number of benzene rings is 2. The molecule has 0 bridgehead atoms. The van der Waals surface area contributed by atoms with Gasteiger partial charge in [-0.1, -0.05) is 56.3 Å². The summed E-state index contributed by atoms with van der Waals surface area (Å²) in [5.41, 5.74) is 1.94. The Morgan fingerprint density at radius 3 is 2.17 bits per heavy atom. The van der Waals surface area contributed by atoms with E-state index in [4.69, 9.17) is 0 Å². The molecule has 6 nitrogen and oxygen atoms in total. The van der Waals surface area contributed by atoms with Crippen molar-refractivity contribution < 1.29 is 18.5 Å². The summed E-state index contributed by atoms with van der Waals surface area (Å²) in [5, 5.41) is 5.15. The van der Waals surface area contributed by atoms with Gasteiger partial charge in [0.2, 0.25) is 10.0 Å². The van der Waals surface area contributed by atoms with Gasteiger partial charge in [0.1, 0.15) is 6.04 Å². The number of nitrogens with zero attached hydrogens (tertiary/aromatic N) is 1. The number of rotatable bonds is 10. The number of hydrogen-bond donors (Lipinski definition) is 2. The zero-order valence-electron chi connectivity index (χ0n) is 17.9. The number of nitrogens with one attached hydrogen (secondary N) is 1. The standard InChI is InChI=1S/C23H31N3O3S/c1-4-26(5-2)30(28,29)21-15-11-18(12-16-21)17(3)24-22(19-9-7-6-8-10-19)23(27)25-20-13-14-20/h6-12,15-17,20,22,24H,4-5,13-14H2,1-3H3,(H,25,27)/p+1/t17-,22-/m1/s1. The maximum absolute atomic E-state index is 12.9. The number of carbonyl (C=O) groups excluding carboxylic acids is 1. The van der Waals surface area contributed by atoms with Crippen LogP contribution in [0, 0.1) is 0 Å². The molecule has 1 aliphatic rings. The molecule has 1 aliphatic carbocycles. The Morgan fingerprint density at radius 2 is 1.63 bits per heavy atom. The van der Waals surface area contributed by atoms with Crippen LogP contribution in [0.5, 0.6) is 0 Å². The van der Waals surface area contributed by atoms with Gasteiger partial charge in [0.25, 0.3) is 5.91 Å². The monoisotopic (exact) mass is 430 g/mol. The zero-order chi connectivity index (χ0) is 21.7. The van der Waals surface area contributed by atoms with Gasteiger partial charge in [-0.05, 0) is 31.9 Å². The lowest BCUT2D eigenvalue weighted by Gasteiger charge is -2.21. The fourth-order valence-corrected chi connectivity index (χ4v) is 5.04. The Bertz CT molecular complexity index is 937. The van der Waals surface area contributed by atoms with Crippen molar-refractivity contribution in [2.75, 3.05) is 13.1 Å². The van der Waals surface area contributed by atoms with E-state index in [0.717, 1.165) is 24.0 Å². The van der Waals surface area contributed by atoms with E-state index in [-0.39, 0.29) is 18.0 Å². The van der Waals surface area contributed by atoms with E-state index >= 15 is 0 Å². The normalized spacial score (nSPS) is 16.3. The first-order valence-corrected chi connectivity index (χ1v) is 12.1. The van der Waals surface area contributed by atoms with Crippen LogP contribution < -0.4 is 10.6 Å². The third-order valence-corrected chi connectivity index (χ3v) is 7.66. The maximum atomic E-state index is 12.9. The zero-order valence-corrected chi connectivity index (χ0v) is 18.7. The average Bonchev–Trinajstić information content (AvgIpc) is 3.57. The highest BCUT2D eigenvalue weighted by Gasteiger charge is 2.32. The quantitative estimate of drug-likeness (QED) is 0.607. The molecule has 0 radical (unpaired) electrons. The van der Waals surface area contributed by atoms with Crippen LogP contribution in [0.3, 0.4) is 0 Å². The van der Waals surface area contributed by atoms with E-state index in [2.05, 4.69) is 5.32 Å². The minimum absolute atomic E-state index is 0.00892. The molecule has 162 valence electrons. The summed E-state index contributed by atoms with van der Waals surface area (Å²) in [6.07, 6.45) is 2.09. The summed E-state index contributed by atoms with van der Waals surface area (Å²) < 4.78 is 26.9. The molecular weight excluding hydrogens is 398 g/mol. The van der Waals surface area contributed by atoms with Gasteiger partial charge >= 0.3 is 0 Å². The van der Waals surface area contributed by atoms with E-state index in [0.29, 0.717) is 24.0 Å². The second-order valence-corrected chi connectivity index (χ2v) is 9.75. The minimum Gasteiger partial charge on any atom is -0.348 e. The van der Waals surface area contributed by atoms with Crippen molar-refractivity contribution in [3.05, 3.63) is 65.7 Å². The number of nitrogens with two attached hydrogens (primary N) is 1. The van der Waals surface area contributed by atoms with Crippen LogP contribution >= 0.6 is 0 Å². The molecule has 2 aromatic rings. The molecule has 7 heteroatoms. The molecule has 2 atom stereocenters. The van der Waals surface area contributed by atoms with Crippen molar-refractivity contribution >= 4 is 15.9 Å². The van der Waals surface area contributed by atoms with Crippen LogP contribution in [0.25, 0.3) is 0 Å². The van der Waals surface area contributed by atoms with Crippen molar-refractivity contribution in [2.24, 2.45) is 0 Å². The maximum Gasteiger partial charge on any atom is 0.283 e. The van der Waals surface area contributed by atoms with Gasteiger partial charge in [-0.15, -0.1) is 0 Å². The van der Waals surface area contributed by atoms with Gasteiger partial charge in [-0.3, -0.25) is 4.79 Å². The highest BCUT2D eigenvalue weighted by molar-refractivity contribution is 7.89. The molecule has 0 heterocycles. The van der Waals surface area contributed by atoms with Crippen molar-refractivity contribution in [2.45, 2.75) is 56.6 Å². The van der Waals surface area contributed by atoms with Crippen molar-refractivity contribution in [1.29, 1.82) is 0 Å². The summed E-state index contributed by atoms with van der Waals surface area (Å²) >= 11 is 0. The van der Waals surface area contributed by atoms with E-state index in [1.165, 1.54) is 4.31 Å². The lowest BCUT2D eigenvalue weighted by molar-refractivity contribution is -0.719. The molecule has 0 aromatic heterocycles. The Balaban J connectivity index is 1.77. The van der Waals surface area contributed by atoms with Gasteiger partial charge in [0.15, 0.2) is 6.04 Å². The van der Waals surface area contributed by atoms with Crippen molar-refractivity contribution in [3.8, 4) is 0 Å². The lowest BCUT2D eigenvalue weighted by atomic mass is 10.0. The first-order valence-electron chi connectivity index (χ1n) is 10.7. The second kappa shape index (κ2) is 9.73. The summed E-state index contributed by atoms with van der Waals surface area (Å²) in [4.78, 5) is 13.2. The molecule has 3 N–H and O–H groups in total. The first-order chi connectivity index (χ1) is 14.4. The van der Waals surface area contributed by atoms with Gasteiger partial charge in [-0.25, -0.2) is 8.42 Å². The van der Waals surface area contributed by atoms with Crippen LogP contribution in [0.15, 0.2) is 59.5 Å². The van der Waals surface area contributed by atoms with Crippen molar-refractivity contribution in [3.63, 3.8) is 0 Å². The fraction of sp³-hybridized carbons (Fsp3) is 0.435. The molecule has 1 amide bonds. The average molecular weight is 431 g/mol. The topological polar surface area (TPSA) is 83.1 Å². The third kappa shape index (κ3) is 5.28. The number of carbonyl (C=O) groups is 1. The summed E-state index contributed by atoms with van der Waals surface area (Å²) in [5.74, 6) is 0.0243. The molecule has 0 unspecified atom stereocenters. The minimum atomic E-state index is -3.47. The van der Waals surface area contributed by atoms with Crippen LogP contribution in [-0.2, 0) is 14.8 Å². The summed E-state index contributed by atoms with van der Waals surface area (Å²) in [7, 11) is -3.47. The van der Waals surface area contributed by atoms with Gasteiger partial charge in [-0.2, -0.15) is 4.31 Å². The molecular formula is C23H32N3O3S+. The molecule has 0 spiro atoms. The van der Waals surface area contributed by atoms with E-state index in [9.17, 15) is 13.2 Å². The first kappa shape index (κ1) is 22.5. The van der Waals surface area contributed by atoms with Gasteiger partial charge < -0.3 is 10.6 Å². The second-order valence-electron chi connectivity index (χ2n) is 7.81. The van der Waals surface area contributed by atoms with E-state index in [1.54, 1.807) is 12.1 Å². The van der Waals surface area contributed by atoms with Crippen LogP contribution in [0.4, 0.5) is 0 Å². The number of sulfonamides is 1. The highest BCUT2D eigenvalue weighted by Crippen LogP contribution is 2.21. The highest BCUT2D eigenvalue weighted by atomic mass is 32.2.